The molecule has 0 spiro atoms. The van der Waals surface area contributed by atoms with Crippen LogP contribution in [0.4, 0.5) is 13.2 Å². The smallest absolute Gasteiger partial charge is 0.265 e. The Morgan fingerprint density at radius 1 is 0.903 bits per heavy atom. The Morgan fingerprint density at radius 3 is 2.16 bits per heavy atom. The predicted molar refractivity (Wildman–Crippen MR) is 109 cm³/mol. The second-order valence-corrected chi connectivity index (χ2v) is 9.66. The third-order valence-corrected chi connectivity index (χ3v) is 7.83. The Bertz CT molecular complexity index is 1220. The van der Waals surface area contributed by atoms with Crippen LogP contribution < -0.4 is 0 Å². The van der Waals surface area contributed by atoms with Crippen LogP contribution in [0.25, 0.3) is 10.6 Å². The van der Waals surface area contributed by atoms with Gasteiger partial charge in [0.15, 0.2) is 4.90 Å². The van der Waals surface area contributed by atoms with E-state index in [1.54, 1.807) is 18.2 Å². The third-order valence-electron chi connectivity index (χ3n) is 4.86. The summed E-state index contributed by atoms with van der Waals surface area (Å²) < 4.78 is 68.1. The molecule has 0 atom stereocenters. The van der Waals surface area contributed by atoms with Crippen LogP contribution in [0.5, 0.6) is 0 Å². The lowest BCUT2D eigenvalue weighted by Gasteiger charge is -2.33. The molecule has 2 heterocycles. The van der Waals surface area contributed by atoms with Crippen LogP contribution >= 0.6 is 11.3 Å². The van der Waals surface area contributed by atoms with Gasteiger partial charge in [-0.05, 0) is 24.3 Å². The van der Waals surface area contributed by atoms with Gasteiger partial charge >= 0.3 is 0 Å². The van der Waals surface area contributed by atoms with Gasteiger partial charge in [0.1, 0.15) is 27.3 Å². The minimum atomic E-state index is -4.38. The van der Waals surface area contributed by atoms with Gasteiger partial charge in [-0.15, -0.1) is 11.3 Å². The molecule has 1 saturated heterocycles. The van der Waals surface area contributed by atoms with Crippen molar-refractivity contribution in [1.29, 1.82) is 0 Å². The number of benzene rings is 2. The fourth-order valence-corrected chi connectivity index (χ4v) is 5.72. The lowest BCUT2D eigenvalue weighted by molar-refractivity contribution is 0.0702. The summed E-state index contributed by atoms with van der Waals surface area (Å²) in [6.45, 7) is -0.135. The number of piperazine rings is 1. The number of carbonyl (C=O) groups excluding carboxylic acids is 1. The molecule has 4 rings (SSSR count). The first-order chi connectivity index (χ1) is 14.8. The van der Waals surface area contributed by atoms with Crippen LogP contribution in [-0.4, -0.2) is 54.7 Å². The van der Waals surface area contributed by atoms with Gasteiger partial charge in [0.25, 0.3) is 5.91 Å². The summed E-state index contributed by atoms with van der Waals surface area (Å²) in [7, 11) is -4.38. The molecule has 31 heavy (non-hydrogen) atoms. The van der Waals surface area contributed by atoms with Crippen molar-refractivity contribution >= 4 is 27.3 Å². The zero-order valence-electron chi connectivity index (χ0n) is 16.0. The van der Waals surface area contributed by atoms with Gasteiger partial charge in [-0.1, -0.05) is 18.2 Å². The van der Waals surface area contributed by atoms with Crippen molar-refractivity contribution < 1.29 is 26.4 Å². The van der Waals surface area contributed by atoms with Gasteiger partial charge < -0.3 is 4.90 Å². The SMILES string of the molecule is O=C(c1cnc(-c2ccccc2F)s1)N1CCN(S(=O)(=O)c2c(F)cccc2F)CC1. The second-order valence-electron chi connectivity index (χ2n) is 6.76. The number of hydrogen-bond donors (Lipinski definition) is 0. The van der Waals surface area contributed by atoms with Crippen molar-refractivity contribution in [1.82, 2.24) is 14.2 Å². The van der Waals surface area contributed by atoms with Gasteiger partial charge in [-0.3, -0.25) is 4.79 Å². The molecule has 0 N–H and O–H groups in total. The van der Waals surface area contributed by atoms with Gasteiger partial charge in [0, 0.05) is 31.7 Å². The summed E-state index contributed by atoms with van der Waals surface area (Å²) in [6, 6.07) is 8.94. The Hall–Kier alpha value is -2.76. The number of sulfonamides is 1. The minimum Gasteiger partial charge on any atom is -0.335 e. The Balaban J connectivity index is 1.47. The number of amides is 1. The fraction of sp³-hybridized carbons (Fsp3) is 0.200. The highest BCUT2D eigenvalue weighted by molar-refractivity contribution is 7.89. The quantitative estimate of drug-likeness (QED) is 0.590. The van der Waals surface area contributed by atoms with Crippen LogP contribution in [0.1, 0.15) is 9.67 Å². The van der Waals surface area contributed by atoms with E-state index in [4.69, 9.17) is 0 Å². The van der Waals surface area contributed by atoms with Crippen molar-refractivity contribution in [2.75, 3.05) is 26.2 Å². The fourth-order valence-electron chi connectivity index (χ4n) is 3.28. The average molecular weight is 467 g/mol. The number of thiazole rings is 1. The molecule has 0 saturated carbocycles. The molecule has 1 fully saturated rings. The van der Waals surface area contributed by atoms with Gasteiger partial charge in [-0.25, -0.2) is 26.6 Å². The summed E-state index contributed by atoms with van der Waals surface area (Å²) in [6.07, 6.45) is 1.35. The van der Waals surface area contributed by atoms with Crippen LogP contribution in [0.2, 0.25) is 0 Å². The molecule has 0 radical (unpaired) electrons. The number of nitrogens with zero attached hydrogens (tertiary/aromatic N) is 3. The average Bonchev–Trinajstić information content (AvgIpc) is 3.23. The maximum atomic E-state index is 14.0. The third kappa shape index (κ3) is 4.08. The van der Waals surface area contributed by atoms with Crippen molar-refractivity contribution in [3.05, 3.63) is 71.0 Å². The maximum absolute atomic E-state index is 14.0. The second kappa shape index (κ2) is 8.40. The van der Waals surface area contributed by atoms with Crippen LogP contribution in [0.15, 0.2) is 53.6 Å². The molecule has 2 aromatic carbocycles. The van der Waals surface area contributed by atoms with Crippen molar-refractivity contribution in [2.24, 2.45) is 0 Å². The van der Waals surface area contributed by atoms with Gasteiger partial charge in [0.2, 0.25) is 10.0 Å². The highest BCUT2D eigenvalue weighted by atomic mass is 32.2. The lowest BCUT2D eigenvalue weighted by atomic mass is 10.2. The van der Waals surface area contributed by atoms with Gasteiger partial charge in [0.05, 0.1) is 6.20 Å². The normalized spacial score (nSPS) is 15.3. The highest BCUT2D eigenvalue weighted by Gasteiger charge is 2.34. The predicted octanol–water partition coefficient (Wildman–Crippen LogP) is 3.37. The summed E-state index contributed by atoms with van der Waals surface area (Å²) in [5.41, 5.74) is 0.286. The maximum Gasteiger partial charge on any atom is 0.265 e. The summed E-state index contributed by atoms with van der Waals surface area (Å²) in [5.74, 6) is -3.14. The number of rotatable bonds is 4. The van der Waals surface area contributed by atoms with E-state index in [0.29, 0.717) is 5.01 Å². The van der Waals surface area contributed by atoms with E-state index in [2.05, 4.69) is 4.98 Å². The van der Waals surface area contributed by atoms with Crippen molar-refractivity contribution in [3.63, 3.8) is 0 Å². The molecular weight excluding hydrogens is 451 g/mol. The molecule has 11 heteroatoms. The molecule has 3 aromatic rings. The van der Waals surface area contributed by atoms with Crippen molar-refractivity contribution in [3.8, 4) is 10.6 Å². The zero-order chi connectivity index (χ0) is 22.2. The number of hydrogen-bond acceptors (Lipinski definition) is 5. The number of aromatic nitrogens is 1. The summed E-state index contributed by atoms with van der Waals surface area (Å²) in [5, 5.41) is 0.359. The largest absolute Gasteiger partial charge is 0.335 e. The highest BCUT2D eigenvalue weighted by Crippen LogP contribution is 2.29. The summed E-state index contributed by atoms with van der Waals surface area (Å²) >= 11 is 1.04. The minimum absolute atomic E-state index is 0.0427. The number of carbonyl (C=O) groups is 1. The topological polar surface area (TPSA) is 70.6 Å². The van der Waals surface area contributed by atoms with Crippen LogP contribution in [0.3, 0.4) is 0 Å². The molecule has 1 aliphatic heterocycles. The van der Waals surface area contributed by atoms with Gasteiger partial charge in [-0.2, -0.15) is 4.31 Å². The summed E-state index contributed by atoms with van der Waals surface area (Å²) in [4.78, 5) is 17.6. The van der Waals surface area contributed by atoms with E-state index in [1.165, 1.54) is 17.2 Å². The zero-order valence-corrected chi connectivity index (χ0v) is 17.6. The van der Waals surface area contributed by atoms with E-state index in [-0.39, 0.29) is 42.5 Å². The van der Waals surface area contributed by atoms with E-state index >= 15 is 0 Å². The van der Waals surface area contributed by atoms with E-state index in [0.717, 1.165) is 33.8 Å². The molecule has 6 nitrogen and oxygen atoms in total. The Labute approximate surface area is 180 Å². The molecule has 162 valence electrons. The Morgan fingerprint density at radius 2 is 1.52 bits per heavy atom. The molecule has 0 unspecified atom stereocenters. The van der Waals surface area contributed by atoms with E-state index in [9.17, 15) is 26.4 Å². The molecule has 0 aliphatic carbocycles. The van der Waals surface area contributed by atoms with Crippen LogP contribution in [-0.2, 0) is 10.0 Å². The molecule has 1 amide bonds. The van der Waals surface area contributed by atoms with E-state index in [1.807, 2.05) is 0 Å². The van der Waals surface area contributed by atoms with Crippen molar-refractivity contribution in [2.45, 2.75) is 4.90 Å². The Kier molecular flexibility index (Phi) is 5.82. The molecular formula is C20H16F3N3O3S2. The molecule has 0 bridgehead atoms. The first kappa shape index (κ1) is 21.5. The van der Waals surface area contributed by atoms with Crippen LogP contribution in [0, 0.1) is 17.5 Å². The first-order valence-corrected chi connectivity index (χ1v) is 11.5. The first-order valence-electron chi connectivity index (χ1n) is 9.23. The monoisotopic (exact) mass is 467 g/mol. The molecule has 1 aromatic heterocycles. The van der Waals surface area contributed by atoms with E-state index < -0.39 is 32.4 Å². The number of halogens is 3. The standard InChI is InChI=1S/C20H16F3N3O3S2/c21-14-5-2-1-4-13(14)19-24-12-17(30-19)20(27)25-8-10-26(11-9-25)31(28,29)18-15(22)6-3-7-16(18)23/h1-7,12H,8-11H2. The molecule has 1 aliphatic rings. The lowest BCUT2D eigenvalue weighted by Crippen LogP contribution is -2.50.